The molecule has 148 valence electrons. The molecule has 0 unspecified atom stereocenters. The van der Waals surface area contributed by atoms with E-state index < -0.39 is 0 Å². The molecule has 4 aromatic rings. The number of amides is 1. The minimum Gasteiger partial charge on any atom is -0.300 e. The van der Waals surface area contributed by atoms with Crippen LogP contribution in [0.4, 0.5) is 5.13 Å². The van der Waals surface area contributed by atoms with Crippen molar-refractivity contribution in [3.63, 3.8) is 0 Å². The number of aryl methyl sites for hydroxylation is 1. The number of nitrogens with zero attached hydrogens (tertiary/aromatic N) is 4. The van der Waals surface area contributed by atoms with Crippen LogP contribution < -0.4 is 5.32 Å². The fourth-order valence-corrected chi connectivity index (χ4v) is 5.53. The smallest absolute Gasteiger partial charge is 0.236 e. The molecular formula is C20H19N5OS3. The van der Waals surface area contributed by atoms with Crippen molar-refractivity contribution >= 4 is 55.7 Å². The van der Waals surface area contributed by atoms with Crippen molar-refractivity contribution in [1.29, 1.82) is 0 Å². The second-order valence-electron chi connectivity index (χ2n) is 6.70. The van der Waals surface area contributed by atoms with Gasteiger partial charge in [0.05, 0.1) is 11.1 Å². The number of fused-ring (bicyclic) bond motifs is 1. The fraction of sp³-hybridized carbons (Fsp3) is 0.250. The number of thioether (sulfide) groups is 1. The molecule has 1 aromatic carbocycles. The number of carbonyl (C=O) groups excluding carboxylic acids is 1. The fourth-order valence-electron chi connectivity index (χ4n) is 2.89. The van der Waals surface area contributed by atoms with E-state index in [0.29, 0.717) is 11.0 Å². The quantitative estimate of drug-likeness (QED) is 0.320. The summed E-state index contributed by atoms with van der Waals surface area (Å²) >= 11 is 4.47. The van der Waals surface area contributed by atoms with Gasteiger partial charge in [-0.15, -0.1) is 21.5 Å². The van der Waals surface area contributed by atoms with E-state index in [-0.39, 0.29) is 11.7 Å². The second-order valence-corrected chi connectivity index (χ2v) is 9.87. The van der Waals surface area contributed by atoms with Crippen LogP contribution >= 0.6 is 34.4 Å². The first-order valence-corrected chi connectivity index (χ1v) is 11.7. The summed E-state index contributed by atoms with van der Waals surface area (Å²) in [5.41, 5.74) is 2.27. The molecule has 0 radical (unpaired) electrons. The Kier molecular flexibility index (Phi) is 5.89. The van der Waals surface area contributed by atoms with Crippen molar-refractivity contribution in [2.24, 2.45) is 0 Å². The number of thiophene rings is 1. The molecule has 1 N–H and O–H groups in total. The van der Waals surface area contributed by atoms with Crippen molar-refractivity contribution in [2.45, 2.75) is 31.7 Å². The molecule has 29 heavy (non-hydrogen) atoms. The highest BCUT2D eigenvalue weighted by molar-refractivity contribution is 8.00. The summed E-state index contributed by atoms with van der Waals surface area (Å²) in [6.07, 6.45) is 1.56. The molecule has 0 spiro atoms. The van der Waals surface area contributed by atoms with Crippen molar-refractivity contribution in [3.8, 4) is 11.1 Å². The molecular weight excluding hydrogens is 422 g/mol. The van der Waals surface area contributed by atoms with Crippen LogP contribution in [-0.2, 0) is 4.79 Å². The molecule has 6 nitrogen and oxygen atoms in total. The lowest BCUT2D eigenvalue weighted by atomic mass is 10.0. The second kappa shape index (κ2) is 8.56. The van der Waals surface area contributed by atoms with Crippen molar-refractivity contribution in [3.05, 3.63) is 46.5 Å². The van der Waals surface area contributed by atoms with Crippen LogP contribution in [0.2, 0.25) is 0 Å². The topological polar surface area (TPSA) is 80.7 Å². The minimum atomic E-state index is -0.124. The van der Waals surface area contributed by atoms with Crippen LogP contribution in [0.3, 0.4) is 0 Å². The monoisotopic (exact) mass is 441 g/mol. The SMILES string of the molecule is Cc1sc2ncnc(SCC(=O)Nc3nnc(C(C)C)s3)c2c1-c1ccccc1. The van der Waals surface area contributed by atoms with E-state index in [1.807, 2.05) is 18.2 Å². The Bertz CT molecular complexity index is 1150. The largest absolute Gasteiger partial charge is 0.300 e. The summed E-state index contributed by atoms with van der Waals surface area (Å²) in [4.78, 5) is 23.5. The first-order chi connectivity index (χ1) is 14.0. The number of aromatic nitrogens is 4. The van der Waals surface area contributed by atoms with Gasteiger partial charge in [-0.05, 0) is 12.5 Å². The summed E-state index contributed by atoms with van der Waals surface area (Å²) in [6, 6.07) is 10.2. The maximum Gasteiger partial charge on any atom is 0.236 e. The number of benzene rings is 1. The van der Waals surface area contributed by atoms with Gasteiger partial charge in [-0.2, -0.15) is 0 Å². The molecule has 0 bridgehead atoms. The number of rotatable bonds is 6. The van der Waals surface area contributed by atoms with Gasteiger partial charge in [0, 0.05) is 16.4 Å². The third kappa shape index (κ3) is 4.31. The van der Waals surface area contributed by atoms with Crippen LogP contribution in [-0.4, -0.2) is 31.8 Å². The predicted octanol–water partition coefficient (Wildman–Crippen LogP) is 5.37. The molecule has 0 aliphatic rings. The summed E-state index contributed by atoms with van der Waals surface area (Å²) < 4.78 is 0. The standard InChI is InChI=1S/C20H19N5OS3/c1-11(2)17-24-25-20(29-17)23-14(26)9-27-18-16-15(13-7-5-4-6-8-13)12(3)28-19(16)22-10-21-18/h4-8,10-11H,9H2,1-3H3,(H,23,25,26). The zero-order valence-electron chi connectivity index (χ0n) is 16.2. The van der Waals surface area contributed by atoms with Gasteiger partial charge in [-0.25, -0.2) is 9.97 Å². The van der Waals surface area contributed by atoms with Crippen LogP contribution in [0.25, 0.3) is 21.3 Å². The third-order valence-corrected chi connectivity index (χ3v) is 7.35. The Morgan fingerprint density at radius 1 is 1.14 bits per heavy atom. The Morgan fingerprint density at radius 2 is 1.93 bits per heavy atom. The predicted molar refractivity (Wildman–Crippen MR) is 121 cm³/mol. The Labute approximate surface area is 180 Å². The highest BCUT2D eigenvalue weighted by Gasteiger charge is 2.18. The molecule has 0 fully saturated rings. The molecule has 0 aliphatic carbocycles. The van der Waals surface area contributed by atoms with Crippen LogP contribution in [0.5, 0.6) is 0 Å². The van der Waals surface area contributed by atoms with Gasteiger partial charge in [0.25, 0.3) is 0 Å². The highest BCUT2D eigenvalue weighted by Crippen LogP contribution is 2.41. The molecule has 1 amide bonds. The van der Waals surface area contributed by atoms with Gasteiger partial charge in [0.15, 0.2) is 0 Å². The van der Waals surface area contributed by atoms with Crippen molar-refractivity contribution in [1.82, 2.24) is 20.2 Å². The molecule has 0 atom stereocenters. The maximum atomic E-state index is 12.4. The van der Waals surface area contributed by atoms with E-state index in [9.17, 15) is 4.79 Å². The lowest BCUT2D eigenvalue weighted by Crippen LogP contribution is -2.14. The minimum absolute atomic E-state index is 0.124. The maximum absolute atomic E-state index is 12.4. The number of carbonyl (C=O) groups is 1. The van der Waals surface area contributed by atoms with Gasteiger partial charge in [0.1, 0.15) is 21.2 Å². The normalized spacial score (nSPS) is 11.3. The van der Waals surface area contributed by atoms with E-state index in [0.717, 1.165) is 31.4 Å². The zero-order valence-corrected chi connectivity index (χ0v) is 18.6. The average molecular weight is 442 g/mol. The lowest BCUT2D eigenvalue weighted by molar-refractivity contribution is -0.113. The lowest BCUT2D eigenvalue weighted by Gasteiger charge is -2.06. The Hall–Kier alpha value is -2.36. The highest BCUT2D eigenvalue weighted by atomic mass is 32.2. The molecule has 3 heterocycles. The Morgan fingerprint density at radius 3 is 2.66 bits per heavy atom. The molecule has 0 saturated carbocycles. The summed E-state index contributed by atoms with van der Waals surface area (Å²) in [7, 11) is 0. The van der Waals surface area contributed by atoms with Crippen molar-refractivity contribution in [2.75, 3.05) is 11.1 Å². The Balaban J connectivity index is 1.56. The summed E-state index contributed by atoms with van der Waals surface area (Å²) in [6.45, 7) is 6.20. The summed E-state index contributed by atoms with van der Waals surface area (Å²) in [5.74, 6) is 0.410. The van der Waals surface area contributed by atoms with E-state index in [2.05, 4.69) is 58.4 Å². The molecule has 0 aliphatic heterocycles. The molecule has 9 heteroatoms. The van der Waals surface area contributed by atoms with Gasteiger partial charge in [0.2, 0.25) is 11.0 Å². The number of hydrogen-bond donors (Lipinski definition) is 1. The van der Waals surface area contributed by atoms with Crippen molar-refractivity contribution < 1.29 is 4.79 Å². The average Bonchev–Trinajstić information content (AvgIpc) is 3.31. The third-order valence-electron chi connectivity index (χ3n) is 4.21. The number of nitrogens with one attached hydrogen (secondary N) is 1. The van der Waals surface area contributed by atoms with Gasteiger partial charge in [-0.1, -0.05) is 67.3 Å². The van der Waals surface area contributed by atoms with Gasteiger partial charge >= 0.3 is 0 Å². The van der Waals surface area contributed by atoms with E-state index in [1.165, 1.54) is 28.0 Å². The van der Waals surface area contributed by atoms with Gasteiger partial charge < -0.3 is 0 Å². The van der Waals surface area contributed by atoms with E-state index >= 15 is 0 Å². The number of hydrogen-bond acceptors (Lipinski definition) is 8. The first-order valence-electron chi connectivity index (χ1n) is 9.08. The van der Waals surface area contributed by atoms with E-state index in [4.69, 9.17) is 0 Å². The molecule has 4 rings (SSSR count). The van der Waals surface area contributed by atoms with Crippen LogP contribution in [0.1, 0.15) is 29.7 Å². The number of anilines is 1. The summed E-state index contributed by atoms with van der Waals surface area (Å²) in [5, 5.41) is 14.2. The first kappa shape index (κ1) is 19.9. The molecule has 3 aromatic heterocycles. The van der Waals surface area contributed by atoms with Gasteiger partial charge in [-0.3, -0.25) is 10.1 Å². The molecule has 0 saturated heterocycles. The van der Waals surface area contributed by atoms with Crippen LogP contribution in [0.15, 0.2) is 41.7 Å². The van der Waals surface area contributed by atoms with Crippen LogP contribution in [0, 0.1) is 6.92 Å². The zero-order chi connectivity index (χ0) is 20.4. The van der Waals surface area contributed by atoms with E-state index in [1.54, 1.807) is 17.7 Å².